The average Bonchev–Trinajstić information content (AvgIpc) is 3.16. The summed E-state index contributed by atoms with van der Waals surface area (Å²) in [5.74, 6) is 0.292. The maximum Gasteiger partial charge on any atom is 0.255 e. The van der Waals surface area contributed by atoms with Gasteiger partial charge < -0.3 is 9.64 Å². The molecule has 1 aliphatic heterocycles. The second-order valence-corrected chi connectivity index (χ2v) is 6.69. The second kappa shape index (κ2) is 6.81. The molecule has 3 rings (SSSR count). The van der Waals surface area contributed by atoms with Crippen LogP contribution >= 0.6 is 11.6 Å². The maximum atomic E-state index is 12.9. The van der Waals surface area contributed by atoms with Crippen LogP contribution in [0.5, 0.6) is 5.88 Å². The number of pyridine rings is 1. The predicted molar refractivity (Wildman–Crippen MR) is 91.2 cm³/mol. The number of halogens is 1. The van der Waals surface area contributed by atoms with Gasteiger partial charge in [0.2, 0.25) is 5.88 Å². The third-order valence-electron chi connectivity index (χ3n) is 4.02. The Morgan fingerprint density at radius 1 is 1.42 bits per heavy atom. The topological polar surface area (TPSA) is 60.2 Å². The normalized spacial score (nSPS) is 17.5. The van der Waals surface area contributed by atoms with Gasteiger partial charge in [-0.05, 0) is 32.8 Å². The molecule has 1 atom stereocenters. The van der Waals surface area contributed by atoms with Crippen molar-refractivity contribution in [1.82, 2.24) is 19.7 Å². The molecule has 1 fully saturated rings. The maximum absolute atomic E-state index is 12.9. The van der Waals surface area contributed by atoms with Crippen molar-refractivity contribution >= 4 is 17.5 Å². The van der Waals surface area contributed by atoms with Gasteiger partial charge in [0, 0.05) is 31.5 Å². The first kappa shape index (κ1) is 16.8. The predicted octanol–water partition coefficient (Wildman–Crippen LogP) is 3.23. The lowest BCUT2D eigenvalue weighted by molar-refractivity contribution is 0.0735. The summed E-state index contributed by atoms with van der Waals surface area (Å²) in [7, 11) is 1.88. The molecule has 1 unspecified atom stereocenters. The van der Waals surface area contributed by atoms with Gasteiger partial charge in [-0.25, -0.2) is 4.98 Å². The van der Waals surface area contributed by atoms with Crippen molar-refractivity contribution in [2.45, 2.75) is 38.8 Å². The Hall–Kier alpha value is -2.08. The highest BCUT2D eigenvalue weighted by molar-refractivity contribution is 6.32. The molecular weight excluding hydrogens is 328 g/mol. The average molecular weight is 349 g/mol. The third kappa shape index (κ3) is 3.38. The Balaban J connectivity index is 1.81. The Kier molecular flexibility index (Phi) is 4.76. The molecule has 3 heterocycles. The molecule has 24 heavy (non-hydrogen) atoms. The molecule has 0 bridgehead atoms. The van der Waals surface area contributed by atoms with Gasteiger partial charge in [0.15, 0.2) is 0 Å². The van der Waals surface area contributed by atoms with E-state index in [0.717, 1.165) is 24.9 Å². The zero-order valence-electron chi connectivity index (χ0n) is 14.1. The van der Waals surface area contributed by atoms with Crippen molar-refractivity contribution in [3.05, 3.63) is 40.8 Å². The van der Waals surface area contributed by atoms with Gasteiger partial charge in [-0.15, -0.1) is 0 Å². The molecule has 0 N–H and O–H groups in total. The van der Waals surface area contributed by atoms with Crippen LogP contribution in [-0.4, -0.2) is 38.2 Å². The number of aryl methyl sites for hydroxylation is 1. The van der Waals surface area contributed by atoms with Gasteiger partial charge in [-0.2, -0.15) is 5.10 Å². The van der Waals surface area contributed by atoms with Crippen molar-refractivity contribution in [2.24, 2.45) is 7.05 Å². The summed E-state index contributed by atoms with van der Waals surface area (Å²) in [4.78, 5) is 18.9. The Bertz CT molecular complexity index is 744. The molecule has 0 aromatic carbocycles. The van der Waals surface area contributed by atoms with E-state index < -0.39 is 0 Å². The van der Waals surface area contributed by atoms with Gasteiger partial charge in [0.1, 0.15) is 5.02 Å². The molecule has 0 radical (unpaired) electrons. The fraction of sp³-hybridized carbons (Fsp3) is 0.471. The number of hydrogen-bond acceptors (Lipinski definition) is 4. The number of ether oxygens (including phenoxy) is 1. The van der Waals surface area contributed by atoms with Crippen LogP contribution in [-0.2, 0) is 7.05 Å². The monoisotopic (exact) mass is 348 g/mol. The van der Waals surface area contributed by atoms with E-state index in [-0.39, 0.29) is 18.1 Å². The van der Waals surface area contributed by atoms with E-state index in [9.17, 15) is 4.79 Å². The zero-order valence-corrected chi connectivity index (χ0v) is 14.8. The molecule has 128 valence electrons. The SMILES string of the molecule is CC(C)Oc1ncc(C(=O)N2CCCC2c2cnn(C)c2)cc1Cl. The Labute approximate surface area is 146 Å². The largest absolute Gasteiger partial charge is 0.474 e. The van der Waals surface area contributed by atoms with E-state index >= 15 is 0 Å². The quantitative estimate of drug-likeness (QED) is 0.851. The number of amides is 1. The van der Waals surface area contributed by atoms with Crippen LogP contribution in [0.15, 0.2) is 24.7 Å². The van der Waals surface area contributed by atoms with Crippen LogP contribution in [0.4, 0.5) is 0 Å². The lowest BCUT2D eigenvalue weighted by Crippen LogP contribution is -2.30. The number of aromatic nitrogens is 3. The second-order valence-electron chi connectivity index (χ2n) is 6.28. The minimum atomic E-state index is -0.0631. The molecule has 2 aromatic heterocycles. The molecule has 0 aliphatic carbocycles. The van der Waals surface area contributed by atoms with Crippen molar-refractivity contribution in [1.29, 1.82) is 0 Å². The Morgan fingerprint density at radius 2 is 2.21 bits per heavy atom. The third-order valence-corrected chi connectivity index (χ3v) is 4.30. The lowest BCUT2D eigenvalue weighted by atomic mass is 10.1. The summed E-state index contributed by atoms with van der Waals surface area (Å²) in [6.07, 6.45) is 7.20. The van der Waals surface area contributed by atoms with E-state index in [1.54, 1.807) is 10.7 Å². The van der Waals surface area contributed by atoms with Crippen LogP contribution in [0.3, 0.4) is 0 Å². The number of rotatable bonds is 4. The summed E-state index contributed by atoms with van der Waals surface area (Å²) < 4.78 is 7.28. The lowest BCUT2D eigenvalue weighted by Gasteiger charge is -2.24. The molecule has 0 spiro atoms. The minimum Gasteiger partial charge on any atom is -0.474 e. The van der Waals surface area contributed by atoms with Crippen molar-refractivity contribution in [3.8, 4) is 5.88 Å². The van der Waals surface area contributed by atoms with Crippen LogP contribution < -0.4 is 4.74 Å². The summed E-state index contributed by atoms with van der Waals surface area (Å²) in [5.41, 5.74) is 1.54. The number of carbonyl (C=O) groups is 1. The number of likely N-dealkylation sites (tertiary alicyclic amines) is 1. The molecule has 1 amide bonds. The first-order valence-corrected chi connectivity index (χ1v) is 8.45. The van der Waals surface area contributed by atoms with Crippen LogP contribution in [0.25, 0.3) is 0 Å². The van der Waals surface area contributed by atoms with E-state index in [4.69, 9.17) is 16.3 Å². The standard InChI is InChI=1S/C17H21ClN4O2/c1-11(2)24-16-14(18)7-12(8-19-16)17(23)22-6-4-5-15(22)13-9-20-21(3)10-13/h7-11,15H,4-6H2,1-3H3. The van der Waals surface area contributed by atoms with Gasteiger partial charge in [0.25, 0.3) is 5.91 Å². The molecule has 1 saturated heterocycles. The highest BCUT2D eigenvalue weighted by atomic mass is 35.5. The van der Waals surface area contributed by atoms with Crippen LogP contribution in [0, 0.1) is 0 Å². The molecule has 0 saturated carbocycles. The molecular formula is C17H21ClN4O2. The van der Waals surface area contributed by atoms with Gasteiger partial charge in [0.05, 0.1) is 23.9 Å². The number of carbonyl (C=O) groups excluding carboxylic acids is 1. The smallest absolute Gasteiger partial charge is 0.255 e. The fourth-order valence-electron chi connectivity index (χ4n) is 2.99. The van der Waals surface area contributed by atoms with Gasteiger partial charge >= 0.3 is 0 Å². The van der Waals surface area contributed by atoms with Crippen molar-refractivity contribution in [2.75, 3.05) is 6.54 Å². The zero-order chi connectivity index (χ0) is 17.3. The van der Waals surface area contributed by atoms with Gasteiger partial charge in [-0.1, -0.05) is 11.6 Å². The van der Waals surface area contributed by atoms with E-state index in [2.05, 4.69) is 10.1 Å². The van der Waals surface area contributed by atoms with Crippen LogP contribution in [0.1, 0.15) is 48.7 Å². The van der Waals surface area contributed by atoms with Crippen molar-refractivity contribution < 1.29 is 9.53 Å². The highest BCUT2D eigenvalue weighted by Crippen LogP contribution is 2.33. The first-order chi connectivity index (χ1) is 11.5. The van der Waals surface area contributed by atoms with E-state index in [1.165, 1.54) is 6.20 Å². The number of nitrogens with zero attached hydrogens (tertiary/aromatic N) is 4. The van der Waals surface area contributed by atoms with E-state index in [0.29, 0.717) is 16.5 Å². The van der Waals surface area contributed by atoms with Gasteiger partial charge in [-0.3, -0.25) is 9.48 Å². The van der Waals surface area contributed by atoms with Crippen LogP contribution in [0.2, 0.25) is 5.02 Å². The molecule has 7 heteroatoms. The summed E-state index contributed by atoms with van der Waals surface area (Å²) in [5, 5.41) is 4.56. The molecule has 2 aromatic rings. The summed E-state index contributed by atoms with van der Waals surface area (Å²) >= 11 is 6.21. The Morgan fingerprint density at radius 3 is 2.83 bits per heavy atom. The molecule has 1 aliphatic rings. The van der Waals surface area contributed by atoms with Crippen molar-refractivity contribution in [3.63, 3.8) is 0 Å². The van der Waals surface area contributed by atoms with E-state index in [1.807, 2.05) is 38.2 Å². The first-order valence-electron chi connectivity index (χ1n) is 8.07. The minimum absolute atomic E-state index is 0.0231. The summed E-state index contributed by atoms with van der Waals surface area (Å²) in [6.45, 7) is 4.53. The molecule has 6 nitrogen and oxygen atoms in total. The summed E-state index contributed by atoms with van der Waals surface area (Å²) in [6, 6.07) is 1.68. The fourth-order valence-corrected chi connectivity index (χ4v) is 3.20. The highest BCUT2D eigenvalue weighted by Gasteiger charge is 2.31. The number of hydrogen-bond donors (Lipinski definition) is 0.